The number of thiophene rings is 1. The van der Waals surface area contributed by atoms with Gasteiger partial charge in [-0.05, 0) is 40.2 Å². The zero-order valence-electron chi connectivity index (χ0n) is 10.2. The summed E-state index contributed by atoms with van der Waals surface area (Å²) in [4.78, 5) is 19.7. The Morgan fingerprint density at radius 2 is 1.55 bits per heavy atom. The smallest absolute Gasteiger partial charge is 0.258 e. The summed E-state index contributed by atoms with van der Waals surface area (Å²) in [5.41, 5.74) is -1.95. The Bertz CT molecular complexity index is 878. The highest BCUT2D eigenvalue weighted by molar-refractivity contribution is 9.11. The second-order valence-corrected chi connectivity index (χ2v) is 8.75. The number of halogens is 2. The van der Waals surface area contributed by atoms with Crippen molar-refractivity contribution in [2.45, 2.75) is 9.10 Å². The first kappa shape index (κ1) is 16.8. The van der Waals surface area contributed by atoms with Crippen LogP contribution in [0.25, 0.3) is 0 Å². The molecule has 1 aromatic carbocycles. The van der Waals surface area contributed by atoms with Crippen molar-refractivity contribution in [2.24, 2.45) is 0 Å². The Morgan fingerprint density at radius 3 is 2.00 bits per heavy atom. The molecule has 22 heavy (non-hydrogen) atoms. The Morgan fingerprint density at radius 1 is 1.05 bits per heavy atom. The number of nitrogens with zero attached hydrogens (tertiary/aromatic N) is 2. The number of nitro groups is 2. The predicted octanol–water partition coefficient (Wildman–Crippen LogP) is 3.81. The number of hydrogen-bond acceptors (Lipinski definition) is 7. The van der Waals surface area contributed by atoms with Gasteiger partial charge in [-0.3, -0.25) is 20.2 Å². The maximum Gasteiger partial charge on any atom is 0.377 e. The predicted molar refractivity (Wildman–Crippen MR) is 82.2 cm³/mol. The summed E-state index contributed by atoms with van der Waals surface area (Å²) in [6.07, 6.45) is 0. The highest BCUT2D eigenvalue weighted by Gasteiger charge is 2.41. The summed E-state index contributed by atoms with van der Waals surface area (Å²) in [5, 5.41) is 22.3. The molecule has 1 heterocycles. The molecule has 0 N–H and O–H groups in total. The molecule has 0 atom stereocenters. The molecule has 0 aliphatic carbocycles. The maximum absolute atomic E-state index is 12.5. The van der Waals surface area contributed by atoms with Gasteiger partial charge in [-0.1, -0.05) is 11.6 Å². The first-order valence-electron chi connectivity index (χ1n) is 5.28. The molecular weight excluding hydrogens is 424 g/mol. The highest BCUT2D eigenvalue weighted by atomic mass is 79.9. The van der Waals surface area contributed by atoms with Gasteiger partial charge < -0.3 is 0 Å². The van der Waals surface area contributed by atoms with E-state index >= 15 is 0 Å². The maximum atomic E-state index is 12.5. The summed E-state index contributed by atoms with van der Waals surface area (Å²) < 4.78 is 24.0. The highest BCUT2D eigenvalue weighted by Crippen LogP contribution is 2.48. The van der Waals surface area contributed by atoms with Gasteiger partial charge in [0, 0.05) is 5.02 Å². The molecule has 0 fully saturated rings. The van der Waals surface area contributed by atoms with Gasteiger partial charge in [0.1, 0.15) is 0 Å². The number of hydrogen-bond donors (Lipinski definition) is 0. The minimum absolute atomic E-state index is 0.239. The topological polar surface area (TPSA) is 120 Å². The van der Waals surface area contributed by atoms with Crippen molar-refractivity contribution in [2.75, 3.05) is 0 Å². The van der Waals surface area contributed by atoms with Gasteiger partial charge >= 0.3 is 11.4 Å². The van der Waals surface area contributed by atoms with E-state index in [-0.39, 0.29) is 13.7 Å². The van der Waals surface area contributed by atoms with E-state index in [1.54, 1.807) is 0 Å². The lowest BCUT2D eigenvalue weighted by Gasteiger charge is -2.01. The number of benzene rings is 1. The van der Waals surface area contributed by atoms with Crippen molar-refractivity contribution < 1.29 is 18.3 Å². The minimum Gasteiger partial charge on any atom is -0.258 e. The van der Waals surface area contributed by atoms with Crippen molar-refractivity contribution >= 4 is 60.1 Å². The molecule has 12 heteroatoms. The first-order valence-corrected chi connectivity index (χ1v) is 8.75. The molecule has 2 aromatic rings. The number of rotatable bonds is 4. The van der Waals surface area contributed by atoms with Crippen LogP contribution in [0.15, 0.2) is 37.2 Å². The third-order valence-electron chi connectivity index (χ3n) is 2.52. The molecule has 0 aliphatic heterocycles. The molecule has 0 saturated carbocycles. The van der Waals surface area contributed by atoms with Crippen LogP contribution in [0, 0.1) is 20.2 Å². The van der Waals surface area contributed by atoms with Gasteiger partial charge in [0.2, 0.25) is 14.0 Å². The van der Waals surface area contributed by atoms with Gasteiger partial charge in [0.25, 0.3) is 0 Å². The second kappa shape index (κ2) is 5.91. The van der Waals surface area contributed by atoms with Gasteiger partial charge in [-0.2, -0.15) is 0 Å². The van der Waals surface area contributed by atoms with Crippen LogP contribution in [0.1, 0.15) is 0 Å². The Labute approximate surface area is 140 Å². The van der Waals surface area contributed by atoms with E-state index in [0.717, 1.165) is 0 Å². The Balaban J connectivity index is 2.76. The van der Waals surface area contributed by atoms with Crippen LogP contribution in [-0.2, 0) is 9.84 Å². The number of sulfone groups is 1. The van der Waals surface area contributed by atoms with Gasteiger partial charge in [0.15, 0.2) is 3.79 Å². The van der Waals surface area contributed by atoms with Crippen LogP contribution >= 0.6 is 38.9 Å². The zero-order valence-corrected chi connectivity index (χ0v) is 14.2. The summed E-state index contributed by atoms with van der Waals surface area (Å²) >= 11 is 8.88. The molecule has 0 bridgehead atoms. The summed E-state index contributed by atoms with van der Waals surface area (Å²) in [6.45, 7) is 0. The molecule has 2 rings (SSSR count). The molecular formula is C10H4BrClN2O6S2. The fourth-order valence-electron chi connectivity index (χ4n) is 1.59. The molecule has 0 unspecified atom stereocenters. The van der Waals surface area contributed by atoms with Crippen molar-refractivity contribution in [3.05, 3.63) is 53.3 Å². The average Bonchev–Trinajstić information content (AvgIpc) is 2.78. The van der Waals surface area contributed by atoms with Crippen LogP contribution in [0.4, 0.5) is 11.4 Å². The van der Waals surface area contributed by atoms with E-state index < -0.39 is 35.3 Å². The van der Waals surface area contributed by atoms with E-state index in [0.29, 0.717) is 11.3 Å². The molecule has 1 aromatic heterocycles. The molecule has 116 valence electrons. The lowest BCUT2D eigenvalue weighted by atomic mass is 10.4. The fraction of sp³-hybridized carbons (Fsp3) is 0. The van der Waals surface area contributed by atoms with E-state index in [1.165, 1.54) is 24.3 Å². The van der Waals surface area contributed by atoms with Crippen LogP contribution in [0.2, 0.25) is 5.02 Å². The molecule has 0 spiro atoms. The molecule has 0 saturated heterocycles. The SMILES string of the molecule is O=[N+]([O-])c1c(Br)sc(S(=O)(=O)c2ccc(Cl)cc2)c1[N+](=O)[O-]. The van der Waals surface area contributed by atoms with Crippen molar-refractivity contribution in [3.63, 3.8) is 0 Å². The Hall–Kier alpha value is -1.56. The standard InChI is InChI=1S/C10H4BrClN2O6S2/c11-9-7(13(15)16)8(14(17)18)10(21-9)22(19,20)6-3-1-5(12)2-4-6/h1-4H. The first-order chi connectivity index (χ1) is 10.2. The lowest BCUT2D eigenvalue weighted by molar-refractivity contribution is -0.424. The lowest BCUT2D eigenvalue weighted by Crippen LogP contribution is -2.04. The molecule has 0 radical (unpaired) electrons. The monoisotopic (exact) mass is 426 g/mol. The molecule has 0 aliphatic rings. The van der Waals surface area contributed by atoms with Crippen LogP contribution in [0.5, 0.6) is 0 Å². The summed E-state index contributed by atoms with van der Waals surface area (Å²) in [6, 6.07) is 4.94. The minimum atomic E-state index is -4.28. The second-order valence-electron chi connectivity index (χ2n) is 3.83. The molecule has 8 nitrogen and oxygen atoms in total. The van der Waals surface area contributed by atoms with Crippen molar-refractivity contribution in [3.8, 4) is 0 Å². The van der Waals surface area contributed by atoms with Gasteiger partial charge in [-0.25, -0.2) is 8.42 Å². The summed E-state index contributed by atoms with van der Waals surface area (Å²) in [5.74, 6) is 0. The quantitative estimate of drug-likeness (QED) is 0.540. The third-order valence-corrected chi connectivity index (χ3v) is 6.87. The van der Waals surface area contributed by atoms with E-state index in [1.807, 2.05) is 0 Å². The van der Waals surface area contributed by atoms with Gasteiger partial charge in [0.05, 0.1) is 14.7 Å². The largest absolute Gasteiger partial charge is 0.377 e. The van der Waals surface area contributed by atoms with E-state index in [9.17, 15) is 28.6 Å². The third kappa shape index (κ3) is 2.84. The van der Waals surface area contributed by atoms with Crippen LogP contribution in [0.3, 0.4) is 0 Å². The Kier molecular flexibility index (Phi) is 4.52. The van der Waals surface area contributed by atoms with Crippen LogP contribution < -0.4 is 0 Å². The fourth-order valence-corrected chi connectivity index (χ4v) is 5.67. The van der Waals surface area contributed by atoms with Crippen molar-refractivity contribution in [1.29, 1.82) is 0 Å². The van der Waals surface area contributed by atoms with Crippen molar-refractivity contribution in [1.82, 2.24) is 0 Å². The normalized spacial score (nSPS) is 11.4. The zero-order chi connectivity index (χ0) is 16.7. The van der Waals surface area contributed by atoms with Crippen LogP contribution in [-0.4, -0.2) is 18.3 Å². The average molecular weight is 428 g/mol. The summed E-state index contributed by atoms with van der Waals surface area (Å²) in [7, 11) is -4.28. The van der Waals surface area contributed by atoms with E-state index in [4.69, 9.17) is 11.6 Å². The molecule has 0 amide bonds. The van der Waals surface area contributed by atoms with Gasteiger partial charge in [-0.15, -0.1) is 11.3 Å². The van der Waals surface area contributed by atoms with E-state index in [2.05, 4.69) is 15.9 Å².